The van der Waals surface area contributed by atoms with Crippen LogP contribution in [0.3, 0.4) is 0 Å². The molecule has 1 saturated carbocycles. The average Bonchev–Trinajstić information content (AvgIpc) is 3.27. The Morgan fingerprint density at radius 1 is 1.26 bits per heavy atom. The quantitative estimate of drug-likeness (QED) is 0.658. The Bertz CT molecular complexity index is 338. The molecule has 1 aliphatic rings. The summed E-state index contributed by atoms with van der Waals surface area (Å²) in [6.45, 7) is 4.33. The maximum Gasteiger partial charge on any atom is 0.0587 e. The molecule has 1 fully saturated rings. The van der Waals surface area contributed by atoms with Crippen molar-refractivity contribution in [2.24, 2.45) is 5.92 Å². The summed E-state index contributed by atoms with van der Waals surface area (Å²) in [5.41, 5.74) is 1.35. The molecule has 0 spiro atoms. The van der Waals surface area contributed by atoms with Gasteiger partial charge in [-0.1, -0.05) is 30.3 Å². The van der Waals surface area contributed by atoms with Gasteiger partial charge in [-0.2, -0.15) is 0 Å². The zero-order chi connectivity index (χ0) is 13.3. The Hall–Kier alpha value is -0.900. The van der Waals surface area contributed by atoms with Gasteiger partial charge in [-0.15, -0.1) is 0 Å². The van der Waals surface area contributed by atoms with E-state index in [1.54, 1.807) is 7.11 Å². The Balaban J connectivity index is 1.77. The lowest BCUT2D eigenvalue weighted by Gasteiger charge is -2.18. The van der Waals surface area contributed by atoms with Crippen LogP contribution in [0.4, 0.5) is 0 Å². The highest BCUT2D eigenvalue weighted by Gasteiger charge is 2.22. The van der Waals surface area contributed by atoms with Crippen LogP contribution in [0.25, 0.3) is 0 Å². The third-order valence-corrected chi connectivity index (χ3v) is 3.51. The summed E-state index contributed by atoms with van der Waals surface area (Å²) in [4.78, 5) is 0. The van der Waals surface area contributed by atoms with Crippen LogP contribution in [0.1, 0.15) is 24.3 Å². The summed E-state index contributed by atoms with van der Waals surface area (Å²) >= 11 is 0. The summed E-state index contributed by atoms with van der Waals surface area (Å²) in [6, 6.07) is 10.6. The predicted molar refractivity (Wildman–Crippen MR) is 77.5 cm³/mol. The van der Waals surface area contributed by atoms with E-state index in [1.165, 1.54) is 18.4 Å². The Morgan fingerprint density at radius 2 is 2.05 bits per heavy atom. The maximum absolute atomic E-state index is 5.86. The SMILES string of the molecule is COCCNCC(COCC1CC1)c1ccccc1. The van der Waals surface area contributed by atoms with E-state index in [0.717, 1.165) is 38.8 Å². The Labute approximate surface area is 116 Å². The van der Waals surface area contributed by atoms with Gasteiger partial charge in [0.15, 0.2) is 0 Å². The molecule has 0 bridgehead atoms. The first-order valence-electron chi connectivity index (χ1n) is 7.22. The predicted octanol–water partition coefficient (Wildman–Crippen LogP) is 2.43. The molecule has 1 atom stereocenters. The second-order valence-corrected chi connectivity index (χ2v) is 5.29. The number of rotatable bonds is 10. The van der Waals surface area contributed by atoms with Crippen molar-refractivity contribution in [1.29, 1.82) is 0 Å². The fourth-order valence-electron chi connectivity index (χ4n) is 2.11. The molecule has 0 aliphatic heterocycles. The molecule has 19 heavy (non-hydrogen) atoms. The minimum Gasteiger partial charge on any atom is -0.383 e. The molecule has 106 valence electrons. The largest absolute Gasteiger partial charge is 0.383 e. The van der Waals surface area contributed by atoms with E-state index >= 15 is 0 Å². The smallest absolute Gasteiger partial charge is 0.0587 e. The van der Waals surface area contributed by atoms with E-state index < -0.39 is 0 Å². The van der Waals surface area contributed by atoms with Crippen LogP contribution in [0.2, 0.25) is 0 Å². The number of benzene rings is 1. The minimum atomic E-state index is 0.428. The van der Waals surface area contributed by atoms with Crippen LogP contribution in [-0.4, -0.2) is 40.0 Å². The van der Waals surface area contributed by atoms with Gasteiger partial charge in [0.05, 0.1) is 13.2 Å². The number of methoxy groups -OCH3 is 1. The van der Waals surface area contributed by atoms with Gasteiger partial charge in [0.25, 0.3) is 0 Å². The minimum absolute atomic E-state index is 0.428. The van der Waals surface area contributed by atoms with E-state index in [0.29, 0.717) is 5.92 Å². The highest BCUT2D eigenvalue weighted by atomic mass is 16.5. The first-order chi connectivity index (χ1) is 9.40. The first kappa shape index (κ1) is 14.5. The molecule has 1 aromatic carbocycles. The van der Waals surface area contributed by atoms with Crippen molar-refractivity contribution in [3.05, 3.63) is 35.9 Å². The Morgan fingerprint density at radius 3 is 2.74 bits per heavy atom. The lowest BCUT2D eigenvalue weighted by molar-refractivity contribution is 0.109. The highest BCUT2D eigenvalue weighted by Crippen LogP contribution is 2.29. The fourth-order valence-corrected chi connectivity index (χ4v) is 2.11. The summed E-state index contributed by atoms with van der Waals surface area (Å²) in [7, 11) is 1.73. The summed E-state index contributed by atoms with van der Waals surface area (Å²) in [5.74, 6) is 1.26. The van der Waals surface area contributed by atoms with Gasteiger partial charge in [0.1, 0.15) is 0 Å². The third-order valence-electron chi connectivity index (χ3n) is 3.51. The zero-order valence-electron chi connectivity index (χ0n) is 11.8. The number of ether oxygens (including phenoxy) is 2. The van der Waals surface area contributed by atoms with Gasteiger partial charge >= 0.3 is 0 Å². The van der Waals surface area contributed by atoms with Crippen LogP contribution >= 0.6 is 0 Å². The highest BCUT2D eigenvalue weighted by molar-refractivity contribution is 5.20. The van der Waals surface area contributed by atoms with Crippen LogP contribution in [0.15, 0.2) is 30.3 Å². The second-order valence-electron chi connectivity index (χ2n) is 5.29. The number of nitrogens with one attached hydrogen (secondary N) is 1. The van der Waals surface area contributed by atoms with E-state index in [1.807, 2.05) is 0 Å². The van der Waals surface area contributed by atoms with Gasteiger partial charge in [-0.05, 0) is 24.3 Å². The Kier molecular flexibility index (Phi) is 6.34. The normalized spacial score (nSPS) is 16.5. The van der Waals surface area contributed by atoms with Crippen LogP contribution in [0, 0.1) is 5.92 Å². The van der Waals surface area contributed by atoms with Gasteiger partial charge in [-0.3, -0.25) is 0 Å². The van der Waals surface area contributed by atoms with Crippen molar-refractivity contribution in [2.75, 3.05) is 40.0 Å². The summed E-state index contributed by atoms with van der Waals surface area (Å²) < 4.78 is 10.9. The summed E-state index contributed by atoms with van der Waals surface area (Å²) in [6.07, 6.45) is 2.70. The molecule has 0 heterocycles. The lowest BCUT2D eigenvalue weighted by atomic mass is 10.00. The molecule has 1 unspecified atom stereocenters. The van der Waals surface area contributed by atoms with E-state index in [9.17, 15) is 0 Å². The standard InChI is InChI=1S/C16H25NO2/c1-18-10-9-17-11-16(13-19-12-14-7-8-14)15-5-3-2-4-6-15/h2-6,14,16-17H,7-13H2,1H3. The van der Waals surface area contributed by atoms with Crippen molar-refractivity contribution in [2.45, 2.75) is 18.8 Å². The first-order valence-corrected chi connectivity index (χ1v) is 7.22. The van der Waals surface area contributed by atoms with Crippen molar-refractivity contribution in [1.82, 2.24) is 5.32 Å². The van der Waals surface area contributed by atoms with E-state index in [-0.39, 0.29) is 0 Å². The van der Waals surface area contributed by atoms with Crippen LogP contribution < -0.4 is 5.32 Å². The van der Waals surface area contributed by atoms with Crippen LogP contribution in [-0.2, 0) is 9.47 Å². The molecule has 0 radical (unpaired) electrons. The molecule has 1 N–H and O–H groups in total. The molecule has 3 nitrogen and oxygen atoms in total. The average molecular weight is 263 g/mol. The van der Waals surface area contributed by atoms with Crippen molar-refractivity contribution < 1.29 is 9.47 Å². The molecular formula is C16H25NO2. The molecular weight excluding hydrogens is 238 g/mol. The third kappa shape index (κ3) is 5.72. The monoisotopic (exact) mass is 263 g/mol. The van der Waals surface area contributed by atoms with Crippen molar-refractivity contribution >= 4 is 0 Å². The van der Waals surface area contributed by atoms with Gasteiger partial charge < -0.3 is 14.8 Å². The van der Waals surface area contributed by atoms with Gasteiger partial charge in [-0.25, -0.2) is 0 Å². The number of hydrogen-bond donors (Lipinski definition) is 1. The molecule has 0 amide bonds. The molecule has 3 heteroatoms. The maximum atomic E-state index is 5.86. The van der Waals surface area contributed by atoms with E-state index in [2.05, 4.69) is 35.6 Å². The van der Waals surface area contributed by atoms with Gasteiger partial charge in [0, 0.05) is 32.7 Å². The summed E-state index contributed by atoms with van der Waals surface area (Å²) in [5, 5.41) is 3.43. The molecule has 1 aliphatic carbocycles. The van der Waals surface area contributed by atoms with Crippen molar-refractivity contribution in [3.63, 3.8) is 0 Å². The second kappa shape index (κ2) is 8.31. The van der Waals surface area contributed by atoms with Crippen molar-refractivity contribution in [3.8, 4) is 0 Å². The zero-order valence-corrected chi connectivity index (χ0v) is 11.8. The van der Waals surface area contributed by atoms with Gasteiger partial charge in [0.2, 0.25) is 0 Å². The number of hydrogen-bond acceptors (Lipinski definition) is 3. The molecule has 0 aromatic heterocycles. The molecule has 0 saturated heterocycles. The lowest BCUT2D eigenvalue weighted by Crippen LogP contribution is -2.27. The van der Waals surface area contributed by atoms with Crippen LogP contribution in [0.5, 0.6) is 0 Å². The molecule has 1 aromatic rings. The molecule has 2 rings (SSSR count). The topological polar surface area (TPSA) is 30.5 Å². The fraction of sp³-hybridized carbons (Fsp3) is 0.625. The van der Waals surface area contributed by atoms with E-state index in [4.69, 9.17) is 9.47 Å².